The molecule has 101 heavy (non-hydrogen) atoms. The first-order valence-corrected chi connectivity index (χ1v) is 33.6. The topological polar surface area (TPSA) is 131 Å². The van der Waals surface area contributed by atoms with Gasteiger partial charge in [-0.3, -0.25) is 13.7 Å². The second kappa shape index (κ2) is 24.6. The normalized spacial score (nSPS) is 11.6. The average Bonchev–Trinajstić information content (AvgIpc) is 1.21. The van der Waals surface area contributed by atoms with Crippen LogP contribution in [0.5, 0.6) is 0 Å². The van der Waals surface area contributed by atoms with Crippen LogP contribution in [-0.2, 0) is 0 Å². The van der Waals surface area contributed by atoms with Crippen LogP contribution in [0, 0.1) is 0 Å². The number of hydrogen-bond acceptors (Lipinski definition) is 9. The van der Waals surface area contributed by atoms with E-state index in [2.05, 4.69) is 243 Å². The number of benzene rings is 13. The van der Waals surface area contributed by atoms with Crippen LogP contribution in [-0.4, -0.2) is 58.8 Å². The molecule has 12 nitrogen and oxygen atoms in total. The highest BCUT2D eigenvalue weighted by atomic mass is 15.2. The summed E-state index contributed by atoms with van der Waals surface area (Å²) < 4.78 is 6.34. The van der Waals surface area contributed by atoms with Crippen LogP contribution in [0.2, 0.25) is 0 Å². The number of para-hydroxylation sites is 2. The number of imidazole rings is 1. The highest BCUT2D eigenvalue weighted by molar-refractivity contribution is 6.21. The first-order valence-electron chi connectivity index (χ1n) is 33.6. The van der Waals surface area contributed by atoms with Crippen LogP contribution in [0.3, 0.4) is 0 Å². The molecule has 0 spiro atoms. The predicted molar refractivity (Wildman–Crippen MR) is 406 cm³/mol. The van der Waals surface area contributed by atoms with Crippen LogP contribution < -0.4 is 0 Å². The highest BCUT2D eigenvalue weighted by Gasteiger charge is 2.23. The Kier molecular flexibility index (Phi) is 14.2. The standard InChI is InChI=1S/C89H56N12/c1-5-23-60(24-6-1)83-93-84(61-25-7-2-8-26-61)96-88(95-83)99-55-75(69-35-17-19-41-78(69)99)57-43-45-59(46-44-57)81-71-37-13-15-39-73(71)82(74-40-16-14-38-72(74)81)66-33-21-31-64(51-66)65-32-22-34-67(52-65)86-94-85(62-27-9-3-10-28-62)97-89(98-86)100-56-76(70-36-18-20-42-79(70)100)58-47-49-68(50-48-58)101-80-54-91-90-53-77(80)92-87(101)63-29-11-4-12-30-63/h1-56H. The molecule has 6 heterocycles. The Morgan fingerprint density at radius 1 is 0.228 bits per heavy atom. The summed E-state index contributed by atoms with van der Waals surface area (Å²) in [6.45, 7) is 0. The van der Waals surface area contributed by atoms with E-state index in [0.717, 1.165) is 117 Å². The molecular weight excluding hydrogens is 1240 g/mol. The summed E-state index contributed by atoms with van der Waals surface area (Å²) in [5.74, 6) is 4.23. The number of aromatic nitrogens is 12. The van der Waals surface area contributed by atoms with Crippen molar-refractivity contribution in [3.63, 3.8) is 0 Å². The van der Waals surface area contributed by atoms with Gasteiger partial charge in [0.2, 0.25) is 11.9 Å². The van der Waals surface area contributed by atoms with E-state index in [0.29, 0.717) is 35.2 Å². The molecule has 0 saturated carbocycles. The zero-order chi connectivity index (χ0) is 66.7. The molecule has 0 unspecified atom stereocenters. The minimum atomic E-state index is 0.508. The highest BCUT2D eigenvalue weighted by Crippen LogP contribution is 2.46. The Morgan fingerprint density at radius 2 is 0.584 bits per heavy atom. The molecule has 0 radical (unpaired) electrons. The summed E-state index contributed by atoms with van der Waals surface area (Å²) >= 11 is 0. The van der Waals surface area contributed by atoms with Crippen LogP contribution >= 0.6 is 0 Å². The number of rotatable bonds is 13. The molecule has 0 aliphatic carbocycles. The summed E-state index contributed by atoms with van der Waals surface area (Å²) in [5.41, 5.74) is 20.1. The zero-order valence-electron chi connectivity index (χ0n) is 54.2. The lowest BCUT2D eigenvalue weighted by atomic mass is 9.85. The van der Waals surface area contributed by atoms with Crippen molar-refractivity contribution >= 4 is 54.4 Å². The fourth-order valence-electron chi connectivity index (χ4n) is 14.3. The summed E-state index contributed by atoms with van der Waals surface area (Å²) in [6.07, 6.45) is 7.80. The van der Waals surface area contributed by atoms with Gasteiger partial charge in [0, 0.05) is 67.8 Å². The molecule has 0 fully saturated rings. The van der Waals surface area contributed by atoms with Crippen LogP contribution in [0.4, 0.5) is 0 Å². The molecule has 19 aromatic rings. The van der Waals surface area contributed by atoms with Crippen molar-refractivity contribution in [2.45, 2.75) is 0 Å². The van der Waals surface area contributed by atoms with Gasteiger partial charge < -0.3 is 0 Å². The van der Waals surface area contributed by atoms with Gasteiger partial charge >= 0.3 is 0 Å². The molecule has 0 atom stereocenters. The molecule has 0 N–H and O–H groups in total. The van der Waals surface area contributed by atoms with E-state index in [1.165, 1.54) is 32.7 Å². The lowest BCUT2D eigenvalue weighted by Crippen LogP contribution is -2.05. The lowest BCUT2D eigenvalue weighted by Gasteiger charge is -2.18. The number of nitrogens with zero attached hydrogens (tertiary/aromatic N) is 12. The van der Waals surface area contributed by atoms with Crippen molar-refractivity contribution in [1.29, 1.82) is 0 Å². The Morgan fingerprint density at radius 3 is 1.07 bits per heavy atom. The second-order valence-corrected chi connectivity index (χ2v) is 25.0. The quantitative estimate of drug-likeness (QED) is 0.104. The van der Waals surface area contributed by atoms with E-state index in [1.54, 1.807) is 12.4 Å². The largest absolute Gasteiger partial charge is 0.291 e. The predicted octanol–water partition coefficient (Wildman–Crippen LogP) is 21.0. The van der Waals surface area contributed by atoms with E-state index in [1.807, 2.05) is 109 Å². The van der Waals surface area contributed by atoms with Gasteiger partial charge in [-0.05, 0) is 102 Å². The van der Waals surface area contributed by atoms with Crippen molar-refractivity contribution in [2.75, 3.05) is 0 Å². The SMILES string of the molecule is c1ccc(-c2nc(-c3ccccc3)nc(-n3cc(-c4ccc(-c5c6ccccc6c(-c6cccc(-c7cccc(-c8nc(-c9ccccc9)nc(-n9cc(-c%10ccc(-n%11c(-c%12ccccc%12)nc%12cnncc%12%11)cc%10)c%10ccccc%109)n8)c7)c6)c6ccccc56)cc4)c4ccccc43)n2)cc1. The van der Waals surface area contributed by atoms with E-state index in [-0.39, 0.29) is 0 Å². The summed E-state index contributed by atoms with van der Waals surface area (Å²) in [5, 5.41) is 15.2. The Balaban J connectivity index is 0.668. The molecule has 12 heteroatoms. The van der Waals surface area contributed by atoms with Gasteiger partial charge in [0.25, 0.3) is 0 Å². The van der Waals surface area contributed by atoms with Gasteiger partial charge in [-0.15, -0.1) is 0 Å². The lowest BCUT2D eigenvalue weighted by molar-refractivity contribution is 0.933. The first-order chi connectivity index (χ1) is 50.1. The molecule has 0 bridgehead atoms. The van der Waals surface area contributed by atoms with Gasteiger partial charge in [0.1, 0.15) is 11.3 Å². The second-order valence-electron chi connectivity index (χ2n) is 25.0. The van der Waals surface area contributed by atoms with Crippen molar-refractivity contribution in [2.24, 2.45) is 0 Å². The van der Waals surface area contributed by atoms with E-state index >= 15 is 0 Å². The summed E-state index contributed by atoms with van der Waals surface area (Å²) in [6, 6.07) is 110. The van der Waals surface area contributed by atoms with E-state index in [4.69, 9.17) is 34.9 Å². The van der Waals surface area contributed by atoms with Gasteiger partial charge in [-0.2, -0.15) is 30.1 Å². The van der Waals surface area contributed by atoms with Crippen molar-refractivity contribution in [3.8, 4) is 130 Å². The average molecular weight is 1290 g/mol. The van der Waals surface area contributed by atoms with Crippen LogP contribution in [0.1, 0.15) is 0 Å². The molecule has 0 saturated heterocycles. The third kappa shape index (κ3) is 10.5. The molecule has 6 aromatic heterocycles. The molecule has 472 valence electrons. The fourth-order valence-corrected chi connectivity index (χ4v) is 14.3. The Bertz CT molecular complexity index is 6250. The van der Waals surface area contributed by atoms with Crippen LogP contribution in [0.15, 0.2) is 340 Å². The van der Waals surface area contributed by atoms with Crippen LogP contribution in [0.25, 0.3) is 185 Å². The Hall–Kier alpha value is -14.0. The van der Waals surface area contributed by atoms with Crippen molar-refractivity contribution in [3.05, 3.63) is 340 Å². The maximum atomic E-state index is 5.35. The minimum Gasteiger partial charge on any atom is -0.291 e. The third-order valence-corrected chi connectivity index (χ3v) is 19.1. The smallest absolute Gasteiger partial charge is 0.238 e. The monoisotopic (exact) mass is 1290 g/mol. The third-order valence-electron chi connectivity index (χ3n) is 19.1. The maximum absolute atomic E-state index is 5.35. The van der Waals surface area contributed by atoms with E-state index < -0.39 is 0 Å². The molecule has 0 aliphatic heterocycles. The number of fused-ring (bicyclic) bond motifs is 5. The molecule has 19 rings (SSSR count). The first kappa shape index (κ1) is 58.4. The van der Waals surface area contributed by atoms with Gasteiger partial charge in [-0.25, -0.2) is 15.0 Å². The molecule has 0 amide bonds. The minimum absolute atomic E-state index is 0.508. The molecule has 13 aromatic carbocycles. The van der Waals surface area contributed by atoms with Gasteiger partial charge in [-0.1, -0.05) is 279 Å². The fraction of sp³-hybridized carbons (Fsp3) is 0. The Labute approximate surface area is 580 Å². The van der Waals surface area contributed by atoms with Gasteiger partial charge in [0.15, 0.2) is 23.3 Å². The van der Waals surface area contributed by atoms with E-state index in [9.17, 15) is 0 Å². The molecular formula is C89H56N12. The van der Waals surface area contributed by atoms with Crippen molar-refractivity contribution in [1.82, 2.24) is 58.8 Å². The summed E-state index contributed by atoms with van der Waals surface area (Å²) in [4.78, 5) is 36.0. The number of hydrogen-bond donors (Lipinski definition) is 0. The van der Waals surface area contributed by atoms with Gasteiger partial charge in [0.05, 0.1) is 28.9 Å². The molecule has 0 aliphatic rings. The summed E-state index contributed by atoms with van der Waals surface area (Å²) in [7, 11) is 0. The maximum Gasteiger partial charge on any atom is 0.238 e. The van der Waals surface area contributed by atoms with Crippen molar-refractivity contribution < 1.29 is 0 Å². The zero-order valence-corrected chi connectivity index (χ0v) is 54.2.